The summed E-state index contributed by atoms with van der Waals surface area (Å²) in [5, 5.41) is 10.7. The topological polar surface area (TPSA) is 97.1 Å². The minimum absolute atomic E-state index is 0.0204. The molecule has 162 valence electrons. The molecule has 0 aliphatic carbocycles. The Hall–Kier alpha value is -4.33. The van der Waals surface area contributed by atoms with Gasteiger partial charge in [0.25, 0.3) is 5.69 Å². The molecule has 4 rings (SSSR count). The first-order chi connectivity index (χ1) is 15.5. The van der Waals surface area contributed by atoms with E-state index in [1.54, 1.807) is 68.8 Å². The number of ether oxygens (including phenoxy) is 4. The maximum Gasteiger partial charge on any atom is 0.269 e. The van der Waals surface area contributed by atoms with Crippen LogP contribution in [0.4, 0.5) is 5.69 Å². The van der Waals surface area contributed by atoms with Crippen molar-refractivity contribution in [1.29, 1.82) is 0 Å². The molecular weight excluding hydrogens is 414 g/mol. The molecule has 0 N–H and O–H groups in total. The van der Waals surface area contributed by atoms with Gasteiger partial charge in [-0.15, -0.1) is 0 Å². The smallest absolute Gasteiger partial charge is 0.269 e. The Kier molecular flexibility index (Phi) is 5.76. The zero-order chi connectivity index (χ0) is 22.7. The molecule has 8 heteroatoms. The monoisotopic (exact) mass is 433 g/mol. The van der Waals surface area contributed by atoms with Crippen molar-refractivity contribution in [3.05, 3.63) is 93.2 Å². The van der Waals surface area contributed by atoms with Gasteiger partial charge in [-0.3, -0.25) is 14.9 Å². The normalized spacial score (nSPS) is 13.4. The molecule has 0 saturated carbocycles. The lowest BCUT2D eigenvalue weighted by molar-refractivity contribution is -0.384. The molecule has 0 unspecified atom stereocenters. The van der Waals surface area contributed by atoms with Gasteiger partial charge in [0.15, 0.2) is 17.3 Å². The zero-order valence-corrected chi connectivity index (χ0v) is 17.4. The van der Waals surface area contributed by atoms with Crippen molar-refractivity contribution in [2.45, 2.75) is 6.61 Å². The van der Waals surface area contributed by atoms with Crippen LogP contribution in [0.5, 0.6) is 23.0 Å². The lowest BCUT2D eigenvalue weighted by atomic mass is 10.1. The fourth-order valence-electron chi connectivity index (χ4n) is 3.23. The van der Waals surface area contributed by atoms with Crippen molar-refractivity contribution < 1.29 is 28.7 Å². The molecule has 8 nitrogen and oxygen atoms in total. The molecule has 1 aliphatic rings. The quantitative estimate of drug-likeness (QED) is 0.300. The summed E-state index contributed by atoms with van der Waals surface area (Å²) in [6.45, 7) is 0.221. The van der Waals surface area contributed by atoms with Gasteiger partial charge in [-0.1, -0.05) is 6.07 Å². The number of Topliss-reactive ketones (excluding diaryl/α,β-unsaturated/α-hetero) is 1. The van der Waals surface area contributed by atoms with E-state index < -0.39 is 4.92 Å². The van der Waals surface area contributed by atoms with Crippen molar-refractivity contribution in [2.75, 3.05) is 14.2 Å². The molecule has 0 spiro atoms. The second kappa shape index (κ2) is 8.81. The Balaban J connectivity index is 1.48. The van der Waals surface area contributed by atoms with E-state index in [-0.39, 0.29) is 23.8 Å². The van der Waals surface area contributed by atoms with Crippen molar-refractivity contribution in [3.63, 3.8) is 0 Å². The van der Waals surface area contributed by atoms with Crippen LogP contribution in [0, 0.1) is 10.1 Å². The van der Waals surface area contributed by atoms with E-state index in [0.29, 0.717) is 28.6 Å². The number of nitro benzene ring substituents is 1. The molecule has 3 aromatic carbocycles. The van der Waals surface area contributed by atoms with Crippen molar-refractivity contribution in [1.82, 2.24) is 0 Å². The first-order valence-electron chi connectivity index (χ1n) is 9.65. The minimum Gasteiger partial charge on any atom is -0.493 e. The Morgan fingerprint density at radius 2 is 1.72 bits per heavy atom. The molecule has 0 fully saturated rings. The number of methoxy groups -OCH3 is 2. The van der Waals surface area contributed by atoms with Crippen LogP contribution in [0.25, 0.3) is 6.08 Å². The van der Waals surface area contributed by atoms with E-state index in [2.05, 4.69) is 0 Å². The maximum absolute atomic E-state index is 12.7. The number of non-ortho nitro benzene ring substituents is 1. The van der Waals surface area contributed by atoms with E-state index in [0.717, 1.165) is 11.1 Å². The molecule has 0 aromatic heterocycles. The second-order valence-corrected chi connectivity index (χ2v) is 6.92. The van der Waals surface area contributed by atoms with Crippen molar-refractivity contribution in [2.24, 2.45) is 0 Å². The van der Waals surface area contributed by atoms with Crippen LogP contribution >= 0.6 is 0 Å². The van der Waals surface area contributed by atoms with Crippen LogP contribution in [-0.2, 0) is 6.61 Å². The van der Waals surface area contributed by atoms with Crippen molar-refractivity contribution in [3.8, 4) is 23.0 Å². The van der Waals surface area contributed by atoms with Crippen LogP contribution in [0.3, 0.4) is 0 Å². The van der Waals surface area contributed by atoms with Crippen LogP contribution in [0.15, 0.2) is 66.4 Å². The highest BCUT2D eigenvalue weighted by atomic mass is 16.6. The van der Waals surface area contributed by atoms with Crippen LogP contribution in [0.2, 0.25) is 0 Å². The maximum atomic E-state index is 12.7. The minimum atomic E-state index is -0.452. The van der Waals surface area contributed by atoms with Gasteiger partial charge in [-0.05, 0) is 53.6 Å². The number of rotatable bonds is 7. The van der Waals surface area contributed by atoms with Gasteiger partial charge in [-0.2, -0.15) is 0 Å². The largest absolute Gasteiger partial charge is 0.493 e. The summed E-state index contributed by atoms with van der Waals surface area (Å²) in [6, 6.07) is 16.4. The standard InChI is InChI=1S/C24H19NO7/c1-29-20-10-5-16(11-22(20)30-2)12-23-24(26)19-9-8-18(13-21(19)32-23)31-14-15-3-6-17(7-4-15)25(27)28/h3-13H,14H2,1-2H3. The fourth-order valence-corrected chi connectivity index (χ4v) is 3.23. The summed E-state index contributed by atoms with van der Waals surface area (Å²) in [5.41, 5.74) is 1.97. The first-order valence-corrected chi connectivity index (χ1v) is 9.65. The zero-order valence-electron chi connectivity index (χ0n) is 17.4. The van der Waals surface area contributed by atoms with Gasteiger partial charge in [0.2, 0.25) is 5.78 Å². The summed E-state index contributed by atoms with van der Waals surface area (Å²) in [5.74, 6) is 2.03. The highest BCUT2D eigenvalue weighted by Crippen LogP contribution is 2.36. The number of carbonyl (C=O) groups is 1. The Morgan fingerprint density at radius 1 is 0.969 bits per heavy atom. The molecule has 1 heterocycles. The Bertz CT molecular complexity index is 1220. The average Bonchev–Trinajstić information content (AvgIpc) is 3.12. The van der Waals surface area contributed by atoms with E-state index in [1.807, 2.05) is 0 Å². The first kappa shape index (κ1) is 20.9. The molecule has 3 aromatic rings. The van der Waals surface area contributed by atoms with Crippen LogP contribution in [-0.4, -0.2) is 24.9 Å². The highest BCUT2D eigenvalue weighted by molar-refractivity contribution is 6.14. The third-order valence-corrected chi connectivity index (χ3v) is 4.90. The number of allylic oxidation sites excluding steroid dienone is 1. The predicted molar refractivity (Wildman–Crippen MR) is 116 cm³/mol. The van der Waals surface area contributed by atoms with Gasteiger partial charge >= 0.3 is 0 Å². The summed E-state index contributed by atoms with van der Waals surface area (Å²) < 4.78 is 22.1. The number of carbonyl (C=O) groups excluding carboxylic acids is 1. The SMILES string of the molecule is COc1ccc(C=C2Oc3cc(OCc4ccc([N+](=O)[O-])cc4)ccc3C2=O)cc1OC. The van der Waals surface area contributed by atoms with E-state index in [9.17, 15) is 14.9 Å². The molecule has 0 radical (unpaired) electrons. The van der Waals surface area contributed by atoms with Gasteiger partial charge in [0.05, 0.1) is 24.7 Å². The fraction of sp³-hybridized carbons (Fsp3) is 0.125. The Morgan fingerprint density at radius 3 is 2.41 bits per heavy atom. The van der Waals surface area contributed by atoms with Gasteiger partial charge in [0.1, 0.15) is 18.1 Å². The Labute approximate surface area is 183 Å². The lowest BCUT2D eigenvalue weighted by Gasteiger charge is -2.08. The van der Waals surface area contributed by atoms with Gasteiger partial charge in [-0.25, -0.2) is 0 Å². The van der Waals surface area contributed by atoms with Crippen LogP contribution in [0.1, 0.15) is 21.5 Å². The summed E-state index contributed by atoms with van der Waals surface area (Å²) in [6.07, 6.45) is 1.64. The highest BCUT2D eigenvalue weighted by Gasteiger charge is 2.28. The number of ketones is 1. The van der Waals surface area contributed by atoms with Gasteiger partial charge in [0, 0.05) is 18.2 Å². The molecule has 0 bridgehead atoms. The molecule has 0 amide bonds. The molecule has 32 heavy (non-hydrogen) atoms. The predicted octanol–water partition coefficient (Wildman–Crippen LogP) is 4.81. The lowest BCUT2D eigenvalue weighted by Crippen LogP contribution is -1.98. The molecule has 1 aliphatic heterocycles. The molecular formula is C24H19NO7. The van der Waals surface area contributed by atoms with Crippen molar-refractivity contribution >= 4 is 17.5 Å². The number of nitro groups is 1. The third-order valence-electron chi connectivity index (χ3n) is 4.90. The molecule has 0 saturated heterocycles. The number of hydrogen-bond acceptors (Lipinski definition) is 7. The summed E-state index contributed by atoms with van der Waals surface area (Å²) >= 11 is 0. The average molecular weight is 433 g/mol. The number of nitrogens with zero attached hydrogens (tertiary/aromatic N) is 1. The van der Waals surface area contributed by atoms with Crippen LogP contribution < -0.4 is 18.9 Å². The number of fused-ring (bicyclic) bond motifs is 1. The van der Waals surface area contributed by atoms with Gasteiger partial charge < -0.3 is 18.9 Å². The molecule has 0 atom stereocenters. The number of hydrogen-bond donors (Lipinski definition) is 0. The van der Waals surface area contributed by atoms with E-state index in [1.165, 1.54) is 12.1 Å². The number of benzene rings is 3. The van der Waals surface area contributed by atoms with E-state index in [4.69, 9.17) is 18.9 Å². The third kappa shape index (κ3) is 4.24. The summed E-state index contributed by atoms with van der Waals surface area (Å²) in [7, 11) is 3.09. The summed E-state index contributed by atoms with van der Waals surface area (Å²) in [4.78, 5) is 23.0. The second-order valence-electron chi connectivity index (χ2n) is 6.92. The van der Waals surface area contributed by atoms with E-state index >= 15 is 0 Å².